The molecule has 3 N–H and O–H groups in total. The minimum atomic E-state index is 0.636. The normalized spacial score (nSPS) is 10.9. The summed E-state index contributed by atoms with van der Waals surface area (Å²) in [6.07, 6.45) is 4.72. The van der Waals surface area contributed by atoms with Gasteiger partial charge < -0.3 is 15.3 Å². The predicted octanol–water partition coefficient (Wildman–Crippen LogP) is 1.22. The van der Waals surface area contributed by atoms with Crippen LogP contribution in [0.4, 0.5) is 0 Å². The lowest BCUT2D eigenvalue weighted by atomic mass is 10.2. The van der Waals surface area contributed by atoms with Crippen molar-refractivity contribution in [1.82, 2.24) is 14.5 Å². The van der Waals surface area contributed by atoms with Crippen molar-refractivity contribution in [2.75, 3.05) is 6.54 Å². The molecule has 2 aromatic rings. The molecule has 0 aliphatic heterocycles. The summed E-state index contributed by atoms with van der Waals surface area (Å²) in [4.78, 5) is 7.58. The summed E-state index contributed by atoms with van der Waals surface area (Å²) < 4.78 is 2.12. The molecule has 2 aromatic heterocycles. The van der Waals surface area contributed by atoms with Gasteiger partial charge in [0.1, 0.15) is 5.82 Å². The van der Waals surface area contributed by atoms with Crippen LogP contribution in [0.25, 0.3) is 11.3 Å². The van der Waals surface area contributed by atoms with Crippen LogP contribution in [-0.4, -0.2) is 21.1 Å². The first kappa shape index (κ1) is 9.98. The summed E-state index contributed by atoms with van der Waals surface area (Å²) >= 11 is 0. The van der Waals surface area contributed by atoms with Gasteiger partial charge in [0.15, 0.2) is 0 Å². The highest BCUT2D eigenvalue weighted by atomic mass is 15.1. The number of hydrogen-bond acceptors (Lipinski definition) is 2. The number of aromatic nitrogens is 3. The number of rotatable bonds is 3. The molecule has 80 valence electrons. The molecule has 0 radical (unpaired) electrons. The number of nitrogens with one attached hydrogen (secondary N) is 1. The van der Waals surface area contributed by atoms with Gasteiger partial charge in [-0.3, -0.25) is 0 Å². The van der Waals surface area contributed by atoms with Crippen LogP contribution >= 0.6 is 0 Å². The topological polar surface area (TPSA) is 59.6 Å². The first-order chi connectivity index (χ1) is 7.24. The molecule has 0 saturated heterocycles. The van der Waals surface area contributed by atoms with E-state index in [4.69, 9.17) is 5.73 Å². The van der Waals surface area contributed by atoms with Crippen molar-refractivity contribution in [1.29, 1.82) is 0 Å². The van der Waals surface area contributed by atoms with E-state index < -0.39 is 0 Å². The average Bonchev–Trinajstić information content (AvgIpc) is 2.77. The van der Waals surface area contributed by atoms with E-state index in [1.54, 1.807) is 0 Å². The quantitative estimate of drug-likeness (QED) is 0.789. The predicted molar refractivity (Wildman–Crippen MR) is 60.5 cm³/mol. The van der Waals surface area contributed by atoms with Gasteiger partial charge in [-0.2, -0.15) is 0 Å². The molecule has 0 saturated carbocycles. The van der Waals surface area contributed by atoms with Crippen molar-refractivity contribution in [2.24, 2.45) is 12.8 Å². The lowest BCUT2D eigenvalue weighted by Crippen LogP contribution is -2.08. The second-order valence-corrected chi connectivity index (χ2v) is 3.66. The van der Waals surface area contributed by atoms with Crippen LogP contribution in [-0.2, 0) is 13.5 Å². The maximum absolute atomic E-state index is 5.55. The van der Waals surface area contributed by atoms with Gasteiger partial charge in [0.25, 0.3) is 0 Å². The second kappa shape index (κ2) is 3.90. The molecule has 4 heteroatoms. The maximum atomic E-state index is 5.55. The second-order valence-electron chi connectivity index (χ2n) is 3.66. The molecule has 0 aliphatic rings. The Morgan fingerprint density at radius 1 is 1.53 bits per heavy atom. The summed E-state index contributed by atoms with van der Waals surface area (Å²) in [6, 6.07) is 2.05. The first-order valence-electron chi connectivity index (χ1n) is 5.09. The van der Waals surface area contributed by atoms with Crippen molar-refractivity contribution < 1.29 is 0 Å². The summed E-state index contributed by atoms with van der Waals surface area (Å²) in [5, 5.41) is 0. The Morgan fingerprint density at radius 3 is 2.93 bits per heavy atom. The van der Waals surface area contributed by atoms with Gasteiger partial charge in [0, 0.05) is 31.4 Å². The van der Waals surface area contributed by atoms with Gasteiger partial charge in [-0.1, -0.05) is 0 Å². The van der Waals surface area contributed by atoms with Crippen molar-refractivity contribution in [3.8, 4) is 11.3 Å². The fourth-order valence-electron chi connectivity index (χ4n) is 1.92. The number of imidazole rings is 1. The van der Waals surface area contributed by atoms with Crippen molar-refractivity contribution >= 4 is 0 Å². The number of hydrogen-bond donors (Lipinski definition) is 2. The Hall–Kier alpha value is -1.55. The van der Waals surface area contributed by atoms with Gasteiger partial charge >= 0.3 is 0 Å². The number of nitrogens with zero attached hydrogens (tertiary/aromatic N) is 2. The van der Waals surface area contributed by atoms with Crippen molar-refractivity contribution in [2.45, 2.75) is 13.3 Å². The first-order valence-corrected chi connectivity index (χ1v) is 5.09. The highest BCUT2D eigenvalue weighted by Gasteiger charge is 2.12. The van der Waals surface area contributed by atoms with Gasteiger partial charge in [0.05, 0.1) is 11.4 Å². The monoisotopic (exact) mass is 204 g/mol. The minimum Gasteiger partial charge on any atom is -0.367 e. The van der Waals surface area contributed by atoms with Crippen LogP contribution < -0.4 is 5.73 Å². The summed E-state index contributed by atoms with van der Waals surface area (Å²) in [5.41, 5.74) is 8.94. The Labute approximate surface area is 89.1 Å². The van der Waals surface area contributed by atoms with Gasteiger partial charge in [-0.25, -0.2) is 4.98 Å². The smallest absolute Gasteiger partial charge is 0.110 e. The zero-order valence-electron chi connectivity index (χ0n) is 9.12. The van der Waals surface area contributed by atoms with E-state index in [2.05, 4.69) is 20.6 Å². The highest BCUT2D eigenvalue weighted by molar-refractivity contribution is 5.61. The molecule has 0 aliphatic carbocycles. The minimum absolute atomic E-state index is 0.636. The number of nitrogens with two attached hydrogens (primary N) is 1. The molecule has 0 atom stereocenters. The SMILES string of the molecule is Cc1nc(CCN)n(C)c1-c1cc[nH]c1. The molecule has 0 spiro atoms. The zero-order valence-corrected chi connectivity index (χ0v) is 9.12. The van der Waals surface area contributed by atoms with Gasteiger partial charge in [-0.05, 0) is 19.5 Å². The van der Waals surface area contributed by atoms with Crippen LogP contribution in [0.1, 0.15) is 11.5 Å². The molecule has 0 amide bonds. The Kier molecular flexibility index (Phi) is 2.60. The van der Waals surface area contributed by atoms with E-state index in [9.17, 15) is 0 Å². The third kappa shape index (κ3) is 1.68. The number of H-pyrrole nitrogens is 1. The zero-order chi connectivity index (χ0) is 10.8. The fourth-order valence-corrected chi connectivity index (χ4v) is 1.92. The van der Waals surface area contributed by atoms with Crippen LogP contribution in [0.3, 0.4) is 0 Å². The molecule has 0 unspecified atom stereocenters. The van der Waals surface area contributed by atoms with Gasteiger partial charge in [-0.15, -0.1) is 0 Å². The highest BCUT2D eigenvalue weighted by Crippen LogP contribution is 2.23. The molecule has 2 rings (SSSR count). The molecular weight excluding hydrogens is 188 g/mol. The third-order valence-electron chi connectivity index (χ3n) is 2.60. The number of aromatic amines is 1. The standard InChI is InChI=1S/C11H16N4/c1-8-11(9-4-6-13-7-9)15(2)10(14-8)3-5-12/h4,6-7,13H,3,5,12H2,1-2H3. The molecule has 0 fully saturated rings. The molecule has 2 heterocycles. The Bertz CT molecular complexity index is 439. The molecule has 15 heavy (non-hydrogen) atoms. The van der Waals surface area contributed by atoms with Crippen LogP contribution in [0.15, 0.2) is 18.5 Å². The Balaban J connectivity index is 2.48. The van der Waals surface area contributed by atoms with Crippen molar-refractivity contribution in [3.63, 3.8) is 0 Å². The summed E-state index contributed by atoms with van der Waals surface area (Å²) in [7, 11) is 2.04. The number of aryl methyl sites for hydroxylation is 1. The maximum Gasteiger partial charge on any atom is 0.110 e. The van der Waals surface area contributed by atoms with E-state index in [0.29, 0.717) is 6.54 Å². The molecule has 4 nitrogen and oxygen atoms in total. The van der Waals surface area contributed by atoms with E-state index in [-0.39, 0.29) is 0 Å². The average molecular weight is 204 g/mol. The lowest BCUT2D eigenvalue weighted by molar-refractivity contribution is 0.782. The van der Waals surface area contributed by atoms with E-state index in [0.717, 1.165) is 17.9 Å². The van der Waals surface area contributed by atoms with Crippen LogP contribution in [0, 0.1) is 6.92 Å². The van der Waals surface area contributed by atoms with Crippen LogP contribution in [0.5, 0.6) is 0 Å². The Morgan fingerprint density at radius 2 is 2.33 bits per heavy atom. The molecular formula is C11H16N4. The molecule has 0 aromatic carbocycles. The fraction of sp³-hybridized carbons (Fsp3) is 0.364. The van der Waals surface area contributed by atoms with E-state index in [1.165, 1.54) is 11.3 Å². The largest absolute Gasteiger partial charge is 0.367 e. The lowest BCUT2D eigenvalue weighted by Gasteiger charge is -2.03. The third-order valence-corrected chi connectivity index (χ3v) is 2.60. The summed E-state index contributed by atoms with van der Waals surface area (Å²) in [6.45, 7) is 2.67. The molecule has 0 bridgehead atoms. The van der Waals surface area contributed by atoms with Crippen LogP contribution in [0.2, 0.25) is 0 Å². The van der Waals surface area contributed by atoms with E-state index in [1.807, 2.05) is 26.4 Å². The van der Waals surface area contributed by atoms with Gasteiger partial charge in [0.2, 0.25) is 0 Å². The summed E-state index contributed by atoms with van der Waals surface area (Å²) in [5.74, 6) is 1.05. The van der Waals surface area contributed by atoms with E-state index >= 15 is 0 Å². The van der Waals surface area contributed by atoms with Crippen molar-refractivity contribution in [3.05, 3.63) is 30.0 Å².